The molecule has 0 atom stereocenters. The molecule has 6 nitrogen and oxygen atoms in total. The molecule has 3 rings (SSSR count). The number of benzene rings is 1. The lowest BCUT2D eigenvalue weighted by atomic mass is 10.2. The SMILES string of the molecule is COc1ccc(OCc2nc(-c3cc(C(=O)NCC(C)C)c(C)n3CC(C)C)cs2)cc1. The van der Waals surface area contributed by atoms with E-state index in [-0.39, 0.29) is 5.91 Å². The zero-order valence-electron chi connectivity index (χ0n) is 19.8. The molecule has 0 saturated carbocycles. The van der Waals surface area contributed by atoms with Gasteiger partial charge in [-0.1, -0.05) is 27.7 Å². The van der Waals surface area contributed by atoms with E-state index >= 15 is 0 Å². The van der Waals surface area contributed by atoms with Crippen LogP contribution in [-0.2, 0) is 13.2 Å². The predicted octanol–water partition coefficient (Wildman–Crippen LogP) is 5.55. The first-order valence-electron chi connectivity index (χ1n) is 11.0. The lowest BCUT2D eigenvalue weighted by Crippen LogP contribution is -2.27. The number of amides is 1. The minimum absolute atomic E-state index is 0.0294. The Morgan fingerprint density at radius 1 is 1.12 bits per heavy atom. The molecule has 0 aliphatic carbocycles. The fraction of sp³-hybridized carbons (Fsp3) is 0.440. The summed E-state index contributed by atoms with van der Waals surface area (Å²) < 4.78 is 13.3. The van der Waals surface area contributed by atoms with Crippen molar-refractivity contribution in [2.75, 3.05) is 13.7 Å². The molecule has 32 heavy (non-hydrogen) atoms. The normalized spacial score (nSPS) is 11.2. The molecule has 0 aliphatic rings. The number of carbonyl (C=O) groups excluding carboxylic acids is 1. The molecule has 3 aromatic rings. The fourth-order valence-corrected chi connectivity index (χ4v) is 4.09. The van der Waals surface area contributed by atoms with E-state index < -0.39 is 0 Å². The van der Waals surface area contributed by atoms with Crippen LogP contribution in [0.25, 0.3) is 11.4 Å². The van der Waals surface area contributed by atoms with Crippen molar-refractivity contribution in [3.63, 3.8) is 0 Å². The van der Waals surface area contributed by atoms with Crippen LogP contribution in [0, 0.1) is 18.8 Å². The second-order valence-corrected chi connectivity index (χ2v) is 9.67. The summed E-state index contributed by atoms with van der Waals surface area (Å²) in [6, 6.07) is 9.47. The van der Waals surface area contributed by atoms with E-state index in [9.17, 15) is 4.79 Å². The first kappa shape index (κ1) is 23.9. The molecule has 0 radical (unpaired) electrons. The number of nitrogens with one attached hydrogen (secondary N) is 1. The van der Waals surface area contributed by atoms with Gasteiger partial charge in [-0.15, -0.1) is 11.3 Å². The largest absolute Gasteiger partial charge is 0.497 e. The highest BCUT2D eigenvalue weighted by Crippen LogP contribution is 2.29. The number of methoxy groups -OCH3 is 1. The van der Waals surface area contributed by atoms with Gasteiger partial charge in [0.15, 0.2) is 0 Å². The van der Waals surface area contributed by atoms with Gasteiger partial charge in [0.25, 0.3) is 5.91 Å². The first-order chi connectivity index (χ1) is 15.3. The third-order valence-corrected chi connectivity index (χ3v) is 5.89. The maximum absolute atomic E-state index is 12.8. The maximum Gasteiger partial charge on any atom is 0.253 e. The topological polar surface area (TPSA) is 65.4 Å². The second-order valence-electron chi connectivity index (χ2n) is 8.73. The van der Waals surface area contributed by atoms with Crippen molar-refractivity contribution >= 4 is 17.2 Å². The van der Waals surface area contributed by atoms with Crippen LogP contribution in [-0.4, -0.2) is 29.1 Å². The highest BCUT2D eigenvalue weighted by Gasteiger charge is 2.20. The van der Waals surface area contributed by atoms with Crippen LogP contribution < -0.4 is 14.8 Å². The van der Waals surface area contributed by atoms with E-state index in [2.05, 4.69) is 37.6 Å². The molecule has 1 aromatic carbocycles. The van der Waals surface area contributed by atoms with Gasteiger partial charge in [0, 0.05) is 24.2 Å². The van der Waals surface area contributed by atoms with Crippen LogP contribution in [0.1, 0.15) is 48.8 Å². The molecule has 1 amide bonds. The number of hydrogen-bond acceptors (Lipinski definition) is 5. The van der Waals surface area contributed by atoms with Crippen molar-refractivity contribution in [3.05, 3.63) is 52.0 Å². The molecule has 7 heteroatoms. The summed E-state index contributed by atoms with van der Waals surface area (Å²) in [5, 5.41) is 5.96. The van der Waals surface area contributed by atoms with Crippen molar-refractivity contribution < 1.29 is 14.3 Å². The van der Waals surface area contributed by atoms with E-state index in [1.54, 1.807) is 18.4 Å². The number of carbonyl (C=O) groups is 1. The summed E-state index contributed by atoms with van der Waals surface area (Å²) in [5.41, 5.74) is 3.53. The molecule has 2 aromatic heterocycles. The van der Waals surface area contributed by atoms with Crippen molar-refractivity contribution in [2.45, 2.75) is 47.8 Å². The van der Waals surface area contributed by atoms with Gasteiger partial charge >= 0.3 is 0 Å². The second kappa shape index (κ2) is 10.7. The fourth-order valence-electron chi connectivity index (χ4n) is 3.39. The van der Waals surface area contributed by atoms with E-state index in [0.29, 0.717) is 30.6 Å². The molecule has 0 fully saturated rings. The summed E-state index contributed by atoms with van der Waals surface area (Å²) in [6.45, 7) is 12.4. The number of aromatic nitrogens is 2. The smallest absolute Gasteiger partial charge is 0.253 e. The molecule has 1 N–H and O–H groups in total. The van der Waals surface area contributed by atoms with Crippen LogP contribution in [0.3, 0.4) is 0 Å². The molecule has 0 bridgehead atoms. The summed E-state index contributed by atoms with van der Waals surface area (Å²) in [4.78, 5) is 17.6. The zero-order valence-corrected chi connectivity index (χ0v) is 20.6. The minimum atomic E-state index is -0.0294. The highest BCUT2D eigenvalue weighted by molar-refractivity contribution is 7.09. The Labute approximate surface area is 194 Å². The van der Waals surface area contributed by atoms with Gasteiger partial charge in [0.05, 0.1) is 24.1 Å². The molecule has 0 aliphatic heterocycles. The van der Waals surface area contributed by atoms with Gasteiger partial charge in [0.2, 0.25) is 0 Å². The Morgan fingerprint density at radius 3 is 2.44 bits per heavy atom. The van der Waals surface area contributed by atoms with Gasteiger partial charge in [-0.2, -0.15) is 0 Å². The van der Waals surface area contributed by atoms with Gasteiger partial charge in [-0.25, -0.2) is 4.98 Å². The van der Waals surface area contributed by atoms with Crippen molar-refractivity contribution in [1.29, 1.82) is 0 Å². The number of ether oxygens (including phenoxy) is 2. The number of nitrogens with zero attached hydrogens (tertiary/aromatic N) is 2. The Morgan fingerprint density at radius 2 is 1.81 bits per heavy atom. The van der Waals surface area contributed by atoms with E-state index in [1.165, 1.54) is 0 Å². The van der Waals surface area contributed by atoms with Crippen LogP contribution in [0.2, 0.25) is 0 Å². The van der Waals surface area contributed by atoms with E-state index in [1.807, 2.05) is 42.6 Å². The monoisotopic (exact) mass is 455 g/mol. The highest BCUT2D eigenvalue weighted by atomic mass is 32.1. The van der Waals surface area contributed by atoms with Gasteiger partial charge in [-0.3, -0.25) is 4.79 Å². The minimum Gasteiger partial charge on any atom is -0.497 e. The van der Waals surface area contributed by atoms with Gasteiger partial charge in [0.1, 0.15) is 23.1 Å². The maximum atomic E-state index is 12.8. The molecular formula is C25H33N3O3S. The molecule has 0 unspecified atom stereocenters. The quantitative estimate of drug-likeness (QED) is 0.435. The first-order valence-corrected chi connectivity index (χ1v) is 11.9. The molecule has 2 heterocycles. The summed E-state index contributed by atoms with van der Waals surface area (Å²) >= 11 is 1.56. The van der Waals surface area contributed by atoms with Crippen LogP contribution in [0.5, 0.6) is 11.5 Å². The van der Waals surface area contributed by atoms with E-state index in [0.717, 1.165) is 40.1 Å². The lowest BCUT2D eigenvalue weighted by molar-refractivity contribution is 0.0948. The molecular weight excluding hydrogens is 422 g/mol. The van der Waals surface area contributed by atoms with Crippen LogP contribution >= 0.6 is 11.3 Å². The number of thiazole rings is 1. The average molecular weight is 456 g/mol. The lowest BCUT2D eigenvalue weighted by Gasteiger charge is -2.13. The molecule has 0 spiro atoms. The Hall–Kier alpha value is -2.80. The number of rotatable bonds is 10. The summed E-state index contributed by atoms with van der Waals surface area (Å²) in [5.74, 6) is 2.39. The zero-order chi connectivity index (χ0) is 23.3. The Bertz CT molecular complexity index is 1040. The van der Waals surface area contributed by atoms with E-state index in [4.69, 9.17) is 14.5 Å². The van der Waals surface area contributed by atoms with Crippen molar-refractivity contribution in [2.24, 2.45) is 11.8 Å². The van der Waals surface area contributed by atoms with Gasteiger partial charge in [-0.05, 0) is 49.1 Å². The Kier molecular flexibility index (Phi) is 7.96. The van der Waals surface area contributed by atoms with Crippen LogP contribution in [0.15, 0.2) is 35.7 Å². The summed E-state index contributed by atoms with van der Waals surface area (Å²) in [6.07, 6.45) is 0. The third kappa shape index (κ3) is 5.91. The summed E-state index contributed by atoms with van der Waals surface area (Å²) in [7, 11) is 1.64. The van der Waals surface area contributed by atoms with Gasteiger partial charge < -0.3 is 19.4 Å². The molecule has 0 saturated heterocycles. The van der Waals surface area contributed by atoms with Crippen LogP contribution in [0.4, 0.5) is 0 Å². The van der Waals surface area contributed by atoms with Crippen molar-refractivity contribution in [1.82, 2.24) is 14.9 Å². The standard InChI is InChI=1S/C25H33N3O3S/c1-16(2)12-26-25(29)21-11-23(28(18(21)5)13-17(3)4)22-15-32-24(27-22)14-31-20-9-7-19(30-6)8-10-20/h7-11,15-17H,12-14H2,1-6H3,(H,26,29). The van der Waals surface area contributed by atoms with Crippen molar-refractivity contribution in [3.8, 4) is 22.9 Å². The average Bonchev–Trinajstić information content (AvgIpc) is 3.35. The predicted molar refractivity (Wildman–Crippen MR) is 130 cm³/mol. The molecule has 172 valence electrons. The third-order valence-electron chi connectivity index (χ3n) is 5.07. The number of hydrogen-bond donors (Lipinski definition) is 1. The Balaban J connectivity index is 1.80.